The lowest BCUT2D eigenvalue weighted by molar-refractivity contribution is 0.941. The maximum atomic E-state index is 4.06. The molecule has 0 aliphatic heterocycles. The lowest BCUT2D eigenvalue weighted by Gasteiger charge is -1.87. The van der Waals surface area contributed by atoms with Crippen LogP contribution in [-0.4, -0.2) is 9.61 Å². The summed E-state index contributed by atoms with van der Waals surface area (Å²) >= 11 is 0. The van der Waals surface area contributed by atoms with Crippen LogP contribution in [0.3, 0.4) is 0 Å². The SMILES string of the molecule is Cl.c1cnn2cccc2c1. The van der Waals surface area contributed by atoms with Gasteiger partial charge in [0.1, 0.15) is 0 Å². The molecule has 2 nitrogen and oxygen atoms in total. The molecule has 0 bridgehead atoms. The van der Waals surface area contributed by atoms with Crippen molar-refractivity contribution in [3.8, 4) is 0 Å². The first-order valence-electron chi connectivity index (χ1n) is 2.85. The van der Waals surface area contributed by atoms with Gasteiger partial charge >= 0.3 is 0 Å². The molecule has 0 spiro atoms. The highest BCUT2D eigenvalue weighted by Crippen LogP contribution is 1.98. The van der Waals surface area contributed by atoms with Crippen LogP contribution >= 0.6 is 12.4 Å². The summed E-state index contributed by atoms with van der Waals surface area (Å²) in [5, 5.41) is 4.06. The molecule has 0 saturated heterocycles. The minimum Gasteiger partial charge on any atom is -0.241 e. The van der Waals surface area contributed by atoms with Gasteiger partial charge in [0.2, 0.25) is 0 Å². The van der Waals surface area contributed by atoms with Gasteiger partial charge in [0, 0.05) is 12.4 Å². The Balaban J connectivity index is 0.000000500. The Hall–Kier alpha value is -1.02. The number of fused-ring (bicyclic) bond motifs is 1. The van der Waals surface area contributed by atoms with Gasteiger partial charge in [-0.3, -0.25) is 0 Å². The van der Waals surface area contributed by atoms with Crippen LogP contribution in [0.1, 0.15) is 0 Å². The summed E-state index contributed by atoms with van der Waals surface area (Å²) in [4.78, 5) is 0. The second-order valence-electron chi connectivity index (χ2n) is 1.90. The summed E-state index contributed by atoms with van der Waals surface area (Å²) in [6, 6.07) is 7.94. The molecule has 0 aliphatic carbocycles. The van der Waals surface area contributed by atoms with Crippen LogP contribution < -0.4 is 0 Å². The summed E-state index contributed by atoms with van der Waals surface area (Å²) in [5.41, 5.74) is 1.14. The number of nitrogens with zero attached hydrogens (tertiary/aromatic N) is 2. The van der Waals surface area contributed by atoms with Gasteiger partial charge in [-0.05, 0) is 24.3 Å². The minimum atomic E-state index is 0. The maximum absolute atomic E-state index is 4.06. The Morgan fingerprint density at radius 1 is 1.20 bits per heavy atom. The van der Waals surface area contributed by atoms with Crippen molar-refractivity contribution in [2.24, 2.45) is 0 Å². The lowest BCUT2D eigenvalue weighted by atomic mass is 10.5. The second-order valence-corrected chi connectivity index (χ2v) is 1.90. The number of hydrogen-bond acceptors (Lipinski definition) is 1. The molecule has 0 atom stereocenters. The van der Waals surface area contributed by atoms with E-state index in [2.05, 4.69) is 5.10 Å². The number of hydrogen-bond donors (Lipinski definition) is 0. The van der Waals surface area contributed by atoms with Crippen LogP contribution in [0, 0.1) is 0 Å². The molecule has 0 N–H and O–H groups in total. The topological polar surface area (TPSA) is 17.3 Å². The smallest absolute Gasteiger partial charge is 0.0646 e. The van der Waals surface area contributed by atoms with Crippen LogP contribution in [0.2, 0.25) is 0 Å². The van der Waals surface area contributed by atoms with Gasteiger partial charge in [-0.15, -0.1) is 12.4 Å². The molecule has 0 radical (unpaired) electrons. The first kappa shape index (κ1) is 7.09. The van der Waals surface area contributed by atoms with Crippen LogP contribution in [0.5, 0.6) is 0 Å². The third-order valence-corrected chi connectivity index (χ3v) is 1.30. The molecule has 0 aliphatic rings. The molecule has 0 fully saturated rings. The second kappa shape index (κ2) is 2.71. The fourth-order valence-corrected chi connectivity index (χ4v) is 0.875. The molecule has 2 rings (SSSR count). The van der Waals surface area contributed by atoms with Gasteiger partial charge in [-0.2, -0.15) is 5.10 Å². The summed E-state index contributed by atoms with van der Waals surface area (Å²) in [7, 11) is 0. The van der Waals surface area contributed by atoms with E-state index in [0.717, 1.165) is 5.52 Å². The van der Waals surface area contributed by atoms with Gasteiger partial charge in [0.15, 0.2) is 0 Å². The zero-order valence-corrected chi connectivity index (χ0v) is 6.08. The predicted octanol–water partition coefficient (Wildman–Crippen LogP) is 1.76. The van der Waals surface area contributed by atoms with E-state index < -0.39 is 0 Å². The Morgan fingerprint density at radius 3 is 2.80 bits per heavy atom. The summed E-state index contributed by atoms with van der Waals surface area (Å²) in [6.45, 7) is 0. The third-order valence-electron chi connectivity index (χ3n) is 1.30. The van der Waals surface area contributed by atoms with E-state index in [1.165, 1.54) is 0 Å². The van der Waals surface area contributed by atoms with Gasteiger partial charge in [0.25, 0.3) is 0 Å². The minimum absolute atomic E-state index is 0. The zero-order valence-electron chi connectivity index (χ0n) is 5.27. The van der Waals surface area contributed by atoms with E-state index in [4.69, 9.17) is 0 Å². The third kappa shape index (κ3) is 0.977. The van der Waals surface area contributed by atoms with Crippen molar-refractivity contribution in [1.82, 2.24) is 9.61 Å². The zero-order chi connectivity index (χ0) is 6.10. The molecule has 0 aromatic carbocycles. The maximum Gasteiger partial charge on any atom is 0.0646 e. The van der Waals surface area contributed by atoms with Crippen molar-refractivity contribution >= 4 is 17.9 Å². The Labute approximate surface area is 64.9 Å². The quantitative estimate of drug-likeness (QED) is 0.565. The number of halogens is 1. The van der Waals surface area contributed by atoms with E-state index in [0.29, 0.717) is 0 Å². The molecule has 0 unspecified atom stereocenters. The molecule has 2 aromatic rings. The highest BCUT2D eigenvalue weighted by molar-refractivity contribution is 5.85. The largest absolute Gasteiger partial charge is 0.241 e. The number of rotatable bonds is 0. The van der Waals surface area contributed by atoms with E-state index in [9.17, 15) is 0 Å². The van der Waals surface area contributed by atoms with Crippen molar-refractivity contribution in [2.45, 2.75) is 0 Å². The van der Waals surface area contributed by atoms with Crippen molar-refractivity contribution in [3.63, 3.8) is 0 Å². The highest BCUT2D eigenvalue weighted by atomic mass is 35.5. The van der Waals surface area contributed by atoms with Gasteiger partial charge in [-0.1, -0.05) is 0 Å². The molecule has 2 heterocycles. The van der Waals surface area contributed by atoms with Crippen LogP contribution in [-0.2, 0) is 0 Å². The van der Waals surface area contributed by atoms with Crippen molar-refractivity contribution < 1.29 is 0 Å². The number of aromatic nitrogens is 2. The van der Waals surface area contributed by atoms with Crippen molar-refractivity contribution in [3.05, 3.63) is 36.7 Å². The highest BCUT2D eigenvalue weighted by Gasteiger charge is 1.85. The Bertz CT molecular complexity index is 286. The first-order chi connectivity index (χ1) is 4.47. The van der Waals surface area contributed by atoms with Crippen LogP contribution in [0.15, 0.2) is 36.7 Å². The molecule has 0 saturated carbocycles. The average molecular weight is 155 g/mol. The van der Waals surface area contributed by atoms with E-state index in [-0.39, 0.29) is 12.4 Å². The van der Waals surface area contributed by atoms with Gasteiger partial charge < -0.3 is 0 Å². The first-order valence-corrected chi connectivity index (χ1v) is 2.85. The average Bonchev–Trinajstić information content (AvgIpc) is 2.33. The van der Waals surface area contributed by atoms with Crippen LogP contribution in [0.25, 0.3) is 5.52 Å². The molecule has 52 valence electrons. The standard InChI is InChI=1S/C7H6N2.ClH/c1-3-7-4-2-6-9(7)8-5-1;/h1-6H;1H. The molecule has 0 amide bonds. The van der Waals surface area contributed by atoms with Gasteiger partial charge in [0.05, 0.1) is 5.52 Å². The summed E-state index contributed by atoms with van der Waals surface area (Å²) in [5.74, 6) is 0. The fraction of sp³-hybridized carbons (Fsp3) is 0. The van der Waals surface area contributed by atoms with Gasteiger partial charge in [-0.25, -0.2) is 4.52 Å². The predicted molar refractivity (Wildman–Crippen MR) is 42.4 cm³/mol. The van der Waals surface area contributed by atoms with E-state index in [1.54, 1.807) is 6.20 Å². The van der Waals surface area contributed by atoms with E-state index in [1.807, 2.05) is 35.0 Å². The Kier molecular flexibility index (Phi) is 1.92. The molecule has 3 heteroatoms. The van der Waals surface area contributed by atoms with Crippen molar-refractivity contribution in [2.75, 3.05) is 0 Å². The van der Waals surface area contributed by atoms with Crippen LogP contribution in [0.4, 0.5) is 0 Å². The Morgan fingerprint density at radius 2 is 2.00 bits per heavy atom. The molecular weight excluding hydrogens is 148 g/mol. The van der Waals surface area contributed by atoms with E-state index >= 15 is 0 Å². The molecule has 2 aromatic heterocycles. The normalized spacial score (nSPS) is 9.20. The lowest BCUT2D eigenvalue weighted by Crippen LogP contribution is -1.84. The molecule has 10 heavy (non-hydrogen) atoms. The summed E-state index contributed by atoms with van der Waals surface area (Å²) in [6.07, 6.45) is 3.70. The fourth-order valence-electron chi connectivity index (χ4n) is 0.875. The monoisotopic (exact) mass is 154 g/mol. The molecular formula is C7H7ClN2. The summed E-state index contributed by atoms with van der Waals surface area (Å²) < 4.78 is 1.83. The van der Waals surface area contributed by atoms with Crippen molar-refractivity contribution in [1.29, 1.82) is 0 Å².